The van der Waals surface area contributed by atoms with Gasteiger partial charge < -0.3 is 4.74 Å². The highest BCUT2D eigenvalue weighted by Crippen LogP contribution is 2.37. The molecule has 32 heavy (non-hydrogen) atoms. The summed E-state index contributed by atoms with van der Waals surface area (Å²) in [6.45, 7) is 2.28. The van der Waals surface area contributed by atoms with Crippen LogP contribution in [0.1, 0.15) is 111 Å². The number of ether oxygens (including phenoxy) is 1. The van der Waals surface area contributed by atoms with Crippen molar-refractivity contribution in [1.29, 1.82) is 5.26 Å². The van der Waals surface area contributed by atoms with E-state index in [0.29, 0.717) is 22.8 Å². The van der Waals surface area contributed by atoms with Crippen molar-refractivity contribution in [2.75, 3.05) is 0 Å². The smallest absolute Gasteiger partial charge is 0.343 e. The Bertz CT molecular complexity index is 856. The quantitative estimate of drug-likeness (QED) is 0.205. The topological polar surface area (TPSA) is 50.1 Å². The highest BCUT2D eigenvalue weighted by molar-refractivity contribution is 5.91. The summed E-state index contributed by atoms with van der Waals surface area (Å²) in [7, 11) is 0. The number of rotatable bonds is 11. The molecule has 1 aliphatic rings. The average Bonchev–Trinajstić information content (AvgIpc) is 2.84. The number of carbonyl (C=O) groups excluding carboxylic acids is 1. The van der Waals surface area contributed by atoms with Gasteiger partial charge in [-0.2, -0.15) is 5.26 Å². The van der Waals surface area contributed by atoms with E-state index in [9.17, 15) is 4.79 Å². The van der Waals surface area contributed by atoms with Crippen molar-refractivity contribution < 1.29 is 9.53 Å². The van der Waals surface area contributed by atoms with Gasteiger partial charge in [0.2, 0.25) is 0 Å². The van der Waals surface area contributed by atoms with Gasteiger partial charge in [-0.3, -0.25) is 0 Å². The van der Waals surface area contributed by atoms with Gasteiger partial charge in [0.15, 0.2) is 0 Å². The molecule has 0 amide bonds. The number of nitriles is 1. The molecule has 0 atom stereocenters. The van der Waals surface area contributed by atoms with Crippen LogP contribution in [-0.2, 0) is 0 Å². The molecule has 0 aliphatic heterocycles. The fourth-order valence-electron chi connectivity index (χ4n) is 4.83. The molecule has 1 aliphatic carbocycles. The first-order chi connectivity index (χ1) is 15.7. The number of hydrogen-bond acceptors (Lipinski definition) is 3. The van der Waals surface area contributed by atoms with Crippen molar-refractivity contribution in [2.45, 2.75) is 89.9 Å². The molecule has 0 radical (unpaired) electrons. The third-order valence-corrected chi connectivity index (χ3v) is 6.87. The van der Waals surface area contributed by atoms with Crippen molar-refractivity contribution >= 4 is 5.97 Å². The van der Waals surface area contributed by atoms with Crippen LogP contribution in [0, 0.1) is 17.2 Å². The lowest BCUT2D eigenvalue weighted by molar-refractivity contribution is 0.0734. The van der Waals surface area contributed by atoms with Gasteiger partial charge >= 0.3 is 5.97 Å². The van der Waals surface area contributed by atoms with E-state index in [4.69, 9.17) is 10.00 Å². The van der Waals surface area contributed by atoms with Crippen molar-refractivity contribution in [3.63, 3.8) is 0 Å². The Hall–Kier alpha value is -2.60. The zero-order chi connectivity index (χ0) is 22.6. The largest absolute Gasteiger partial charge is 0.423 e. The molecule has 0 saturated heterocycles. The molecule has 1 fully saturated rings. The van der Waals surface area contributed by atoms with Crippen LogP contribution in [0.2, 0.25) is 0 Å². The van der Waals surface area contributed by atoms with E-state index < -0.39 is 0 Å². The van der Waals surface area contributed by atoms with Gasteiger partial charge in [-0.25, -0.2) is 4.79 Å². The third-order valence-electron chi connectivity index (χ3n) is 6.87. The molecule has 3 rings (SSSR count). The molecule has 2 aromatic carbocycles. The zero-order valence-corrected chi connectivity index (χ0v) is 19.5. The number of unbranched alkanes of at least 4 members (excludes halogenated alkanes) is 6. The molecule has 0 aromatic heterocycles. The van der Waals surface area contributed by atoms with E-state index >= 15 is 0 Å². The monoisotopic (exact) mass is 431 g/mol. The van der Waals surface area contributed by atoms with E-state index in [2.05, 4.69) is 25.1 Å². The fraction of sp³-hybridized carbons (Fsp3) is 0.517. The first-order valence-electron chi connectivity index (χ1n) is 12.5. The minimum atomic E-state index is -0.361. The van der Waals surface area contributed by atoms with Gasteiger partial charge in [-0.1, -0.05) is 70.4 Å². The maximum atomic E-state index is 12.4. The molecule has 0 unspecified atom stereocenters. The van der Waals surface area contributed by atoms with Gasteiger partial charge in [0.05, 0.1) is 17.2 Å². The highest BCUT2D eigenvalue weighted by atomic mass is 16.5. The maximum absolute atomic E-state index is 12.4. The second-order valence-corrected chi connectivity index (χ2v) is 9.28. The lowest BCUT2D eigenvalue weighted by atomic mass is 9.77. The Morgan fingerprint density at radius 1 is 0.875 bits per heavy atom. The molecule has 0 spiro atoms. The Morgan fingerprint density at radius 3 is 2.12 bits per heavy atom. The van der Waals surface area contributed by atoms with Crippen LogP contribution in [-0.4, -0.2) is 5.97 Å². The Labute approximate surface area is 193 Å². The maximum Gasteiger partial charge on any atom is 0.343 e. The molecule has 0 N–H and O–H groups in total. The van der Waals surface area contributed by atoms with E-state index in [1.54, 1.807) is 24.3 Å². The molecule has 1 saturated carbocycles. The number of benzene rings is 2. The van der Waals surface area contributed by atoms with E-state index in [1.807, 2.05) is 12.1 Å². The summed E-state index contributed by atoms with van der Waals surface area (Å²) >= 11 is 0. The van der Waals surface area contributed by atoms with Gasteiger partial charge in [0.25, 0.3) is 0 Å². The van der Waals surface area contributed by atoms with Crippen LogP contribution < -0.4 is 4.74 Å². The van der Waals surface area contributed by atoms with E-state index in [1.165, 1.54) is 82.6 Å². The molecule has 0 heterocycles. The first-order valence-corrected chi connectivity index (χ1v) is 12.5. The lowest BCUT2D eigenvalue weighted by Crippen LogP contribution is -2.14. The molecule has 170 valence electrons. The van der Waals surface area contributed by atoms with Crippen molar-refractivity contribution in [2.24, 2.45) is 5.92 Å². The second-order valence-electron chi connectivity index (χ2n) is 9.28. The molecular weight excluding hydrogens is 394 g/mol. The Morgan fingerprint density at radius 2 is 1.50 bits per heavy atom. The van der Waals surface area contributed by atoms with Gasteiger partial charge in [0, 0.05) is 0 Å². The van der Waals surface area contributed by atoms with E-state index in [-0.39, 0.29) is 5.97 Å². The first kappa shape index (κ1) is 24.1. The summed E-state index contributed by atoms with van der Waals surface area (Å²) in [5.74, 6) is 1.62. The highest BCUT2D eigenvalue weighted by Gasteiger charge is 2.22. The summed E-state index contributed by atoms with van der Waals surface area (Å²) < 4.78 is 5.43. The van der Waals surface area contributed by atoms with Crippen LogP contribution >= 0.6 is 0 Å². The van der Waals surface area contributed by atoms with Crippen LogP contribution in [0.5, 0.6) is 5.75 Å². The summed E-state index contributed by atoms with van der Waals surface area (Å²) in [4.78, 5) is 12.4. The second kappa shape index (κ2) is 13.1. The van der Waals surface area contributed by atoms with Crippen molar-refractivity contribution in [3.05, 3.63) is 65.2 Å². The summed E-state index contributed by atoms with van der Waals surface area (Å²) in [5.41, 5.74) is 2.45. The number of carbonyl (C=O) groups is 1. The van der Waals surface area contributed by atoms with E-state index in [0.717, 1.165) is 5.92 Å². The van der Waals surface area contributed by atoms with Gasteiger partial charge in [-0.05, 0) is 79.5 Å². The number of hydrogen-bond donors (Lipinski definition) is 0. The average molecular weight is 432 g/mol. The Balaban J connectivity index is 1.39. The SMILES string of the molecule is CCCCCCCCCC1CCC(c2ccc(C(=O)Oc3ccc(C#N)cc3)cc2)CC1. The molecule has 2 aromatic rings. The lowest BCUT2D eigenvalue weighted by Gasteiger charge is -2.29. The molecule has 0 bridgehead atoms. The predicted molar refractivity (Wildman–Crippen MR) is 130 cm³/mol. The van der Waals surface area contributed by atoms with Crippen LogP contribution in [0.4, 0.5) is 0 Å². The predicted octanol–water partition coefficient (Wildman–Crippen LogP) is 8.19. The number of esters is 1. The van der Waals surface area contributed by atoms with Crippen molar-refractivity contribution in [3.8, 4) is 11.8 Å². The minimum absolute atomic E-state index is 0.361. The normalized spacial score (nSPS) is 18.1. The van der Waals surface area contributed by atoms with Crippen LogP contribution in [0.3, 0.4) is 0 Å². The summed E-state index contributed by atoms with van der Waals surface area (Å²) in [6.07, 6.45) is 16.4. The minimum Gasteiger partial charge on any atom is -0.423 e. The number of nitrogens with zero attached hydrogens (tertiary/aromatic N) is 1. The standard InChI is InChI=1S/C29H37NO2/c1-2-3-4-5-6-7-8-9-23-10-14-25(15-11-23)26-16-18-27(19-17-26)29(31)32-28-20-12-24(22-30)13-21-28/h12-13,16-21,23,25H,2-11,14-15H2,1H3. The third kappa shape index (κ3) is 7.52. The van der Waals surface area contributed by atoms with Gasteiger partial charge in [0.1, 0.15) is 5.75 Å². The van der Waals surface area contributed by atoms with Crippen molar-refractivity contribution in [1.82, 2.24) is 0 Å². The molecule has 3 heteroatoms. The molecular formula is C29H37NO2. The van der Waals surface area contributed by atoms with Gasteiger partial charge in [-0.15, -0.1) is 0 Å². The molecule has 3 nitrogen and oxygen atoms in total. The zero-order valence-electron chi connectivity index (χ0n) is 19.5. The Kier molecular flexibility index (Phi) is 9.82. The summed E-state index contributed by atoms with van der Waals surface area (Å²) in [5, 5.41) is 8.86. The van der Waals surface area contributed by atoms with Crippen LogP contribution in [0.15, 0.2) is 48.5 Å². The van der Waals surface area contributed by atoms with Crippen LogP contribution in [0.25, 0.3) is 0 Å². The summed E-state index contributed by atoms with van der Waals surface area (Å²) in [6, 6.07) is 16.6. The fourth-order valence-corrected chi connectivity index (χ4v) is 4.83.